The van der Waals surface area contributed by atoms with Crippen molar-refractivity contribution in [2.45, 2.75) is 24.7 Å². The van der Waals surface area contributed by atoms with E-state index in [1.54, 1.807) is 6.08 Å². The summed E-state index contributed by atoms with van der Waals surface area (Å²) < 4.78 is 2.95. The van der Waals surface area contributed by atoms with E-state index in [9.17, 15) is 4.79 Å². The molecule has 3 aromatic rings. The van der Waals surface area contributed by atoms with Crippen molar-refractivity contribution in [2.75, 3.05) is 5.75 Å². The van der Waals surface area contributed by atoms with E-state index in [0.29, 0.717) is 16.7 Å². The van der Waals surface area contributed by atoms with Crippen molar-refractivity contribution in [2.24, 2.45) is 0 Å². The van der Waals surface area contributed by atoms with E-state index < -0.39 is 0 Å². The molecule has 0 bridgehead atoms. The van der Waals surface area contributed by atoms with Gasteiger partial charge >= 0.3 is 0 Å². The average molecular weight is 492 g/mol. The van der Waals surface area contributed by atoms with Crippen molar-refractivity contribution in [1.29, 1.82) is 0 Å². The number of hydrogen-bond donors (Lipinski definition) is 1. The highest BCUT2D eigenvalue weighted by Crippen LogP contribution is 2.26. The molecule has 0 aliphatic heterocycles. The number of halogens is 2. The summed E-state index contributed by atoms with van der Waals surface area (Å²) in [4.78, 5) is 12.4. The van der Waals surface area contributed by atoms with Gasteiger partial charge in [-0.05, 0) is 30.7 Å². The predicted molar refractivity (Wildman–Crippen MR) is 122 cm³/mol. The first kappa shape index (κ1) is 21.6. The number of aromatic nitrogens is 3. The van der Waals surface area contributed by atoms with Gasteiger partial charge < -0.3 is 5.32 Å². The molecule has 5 nitrogen and oxygen atoms in total. The molecule has 0 saturated carbocycles. The number of carbonyl (C=O) groups excluding carboxylic acids is 1. The lowest BCUT2D eigenvalue weighted by Gasteiger charge is -2.15. The predicted octanol–water partition coefficient (Wildman–Crippen LogP) is 5.52. The molecule has 0 aliphatic carbocycles. The van der Waals surface area contributed by atoms with Gasteiger partial charge in [-0.25, -0.2) is 0 Å². The van der Waals surface area contributed by atoms with Gasteiger partial charge in [-0.1, -0.05) is 75.7 Å². The first-order valence-corrected chi connectivity index (χ1v) is 11.1. The number of allylic oxidation sites excluding steroid dienone is 1. The first-order chi connectivity index (χ1) is 14.0. The van der Waals surface area contributed by atoms with E-state index in [2.05, 4.69) is 38.0 Å². The highest BCUT2D eigenvalue weighted by molar-refractivity contribution is 9.10. The van der Waals surface area contributed by atoms with Crippen molar-refractivity contribution < 1.29 is 4.79 Å². The van der Waals surface area contributed by atoms with Gasteiger partial charge in [0, 0.05) is 21.6 Å². The zero-order valence-corrected chi connectivity index (χ0v) is 19.0. The Morgan fingerprint density at radius 3 is 2.69 bits per heavy atom. The van der Waals surface area contributed by atoms with Crippen LogP contribution in [0.4, 0.5) is 0 Å². The van der Waals surface area contributed by atoms with Gasteiger partial charge in [-0.15, -0.1) is 16.8 Å². The summed E-state index contributed by atoms with van der Waals surface area (Å²) in [5.74, 6) is 0.871. The van der Waals surface area contributed by atoms with Crippen LogP contribution in [0.3, 0.4) is 0 Å². The second kappa shape index (κ2) is 10.1. The van der Waals surface area contributed by atoms with E-state index in [4.69, 9.17) is 11.6 Å². The lowest BCUT2D eigenvalue weighted by molar-refractivity contribution is -0.119. The van der Waals surface area contributed by atoms with Crippen LogP contribution < -0.4 is 5.32 Å². The number of benzene rings is 2. The molecular formula is C21H20BrClN4OS. The van der Waals surface area contributed by atoms with Gasteiger partial charge in [0.25, 0.3) is 0 Å². The van der Waals surface area contributed by atoms with Crippen molar-refractivity contribution >= 4 is 45.2 Å². The standard InChI is InChI=1S/C21H20BrClN4OS/c1-3-12-27-20(15-8-10-16(22)11-9-15)25-26-21(27)29-13-19(28)24-14(2)17-6-4-5-7-18(17)23/h3-11,14H,1,12-13H2,2H3,(H,24,28). The zero-order chi connectivity index (χ0) is 20.8. The molecule has 1 amide bonds. The third-order valence-corrected chi connectivity index (χ3v) is 6.05. The summed E-state index contributed by atoms with van der Waals surface area (Å²) in [6, 6.07) is 15.2. The van der Waals surface area contributed by atoms with Crippen molar-refractivity contribution in [1.82, 2.24) is 20.1 Å². The summed E-state index contributed by atoms with van der Waals surface area (Å²) in [6.45, 7) is 6.28. The molecule has 0 spiro atoms. The lowest BCUT2D eigenvalue weighted by Crippen LogP contribution is -2.28. The maximum atomic E-state index is 12.4. The minimum atomic E-state index is -0.179. The first-order valence-electron chi connectivity index (χ1n) is 8.96. The maximum Gasteiger partial charge on any atom is 0.230 e. The Hall–Kier alpha value is -2.09. The monoisotopic (exact) mass is 490 g/mol. The molecule has 0 fully saturated rings. The highest BCUT2D eigenvalue weighted by atomic mass is 79.9. The van der Waals surface area contributed by atoms with Gasteiger partial charge in [0.1, 0.15) is 0 Å². The third-order valence-electron chi connectivity index (χ3n) is 4.21. The topological polar surface area (TPSA) is 59.8 Å². The number of amides is 1. The fraction of sp³-hybridized carbons (Fsp3) is 0.190. The van der Waals surface area contributed by atoms with Gasteiger partial charge in [0.15, 0.2) is 11.0 Å². The number of nitrogens with zero attached hydrogens (tertiary/aromatic N) is 3. The molecular weight excluding hydrogens is 472 g/mol. The Morgan fingerprint density at radius 2 is 2.00 bits per heavy atom. The van der Waals surface area contributed by atoms with Crippen LogP contribution in [0.1, 0.15) is 18.5 Å². The number of nitrogens with one attached hydrogen (secondary N) is 1. The number of rotatable bonds is 8. The minimum absolute atomic E-state index is 0.0965. The molecule has 29 heavy (non-hydrogen) atoms. The molecule has 1 heterocycles. The number of thioether (sulfide) groups is 1. The summed E-state index contributed by atoms with van der Waals surface area (Å²) >= 11 is 11.0. The van der Waals surface area contributed by atoms with Gasteiger partial charge in [-0.3, -0.25) is 9.36 Å². The summed E-state index contributed by atoms with van der Waals surface area (Å²) in [5, 5.41) is 12.9. The Labute approximate surface area is 187 Å². The number of hydrogen-bond acceptors (Lipinski definition) is 4. The molecule has 2 aromatic carbocycles. The molecule has 0 radical (unpaired) electrons. The average Bonchev–Trinajstić information content (AvgIpc) is 3.10. The summed E-state index contributed by atoms with van der Waals surface area (Å²) in [5.41, 5.74) is 1.84. The van der Waals surface area contributed by atoms with Crippen molar-refractivity contribution in [3.63, 3.8) is 0 Å². The van der Waals surface area contributed by atoms with Crippen LogP contribution in [-0.4, -0.2) is 26.4 Å². The van der Waals surface area contributed by atoms with Crippen LogP contribution in [0.2, 0.25) is 5.02 Å². The van der Waals surface area contributed by atoms with Crippen LogP contribution in [0.5, 0.6) is 0 Å². The molecule has 1 aromatic heterocycles. The van der Waals surface area contributed by atoms with Crippen LogP contribution in [0.15, 0.2) is 70.8 Å². The second-order valence-electron chi connectivity index (χ2n) is 6.31. The molecule has 8 heteroatoms. The Morgan fingerprint density at radius 1 is 1.28 bits per heavy atom. The quantitative estimate of drug-likeness (QED) is 0.333. The third kappa shape index (κ3) is 5.50. The van der Waals surface area contributed by atoms with Gasteiger partial charge in [0.2, 0.25) is 5.91 Å². The Bertz CT molecular complexity index is 1010. The molecule has 1 atom stereocenters. The Balaban J connectivity index is 1.68. The minimum Gasteiger partial charge on any atom is -0.349 e. The van der Waals surface area contributed by atoms with E-state index in [1.165, 1.54) is 11.8 Å². The normalized spacial score (nSPS) is 11.8. The van der Waals surface area contributed by atoms with E-state index in [-0.39, 0.29) is 17.7 Å². The van der Waals surface area contributed by atoms with E-state index in [0.717, 1.165) is 21.4 Å². The summed E-state index contributed by atoms with van der Waals surface area (Å²) in [6.07, 6.45) is 1.79. The van der Waals surface area contributed by atoms with Crippen molar-refractivity contribution in [3.05, 3.63) is 76.2 Å². The highest BCUT2D eigenvalue weighted by Gasteiger charge is 2.17. The largest absolute Gasteiger partial charge is 0.349 e. The van der Waals surface area contributed by atoms with E-state index >= 15 is 0 Å². The fourth-order valence-corrected chi connectivity index (χ4v) is 4.14. The second-order valence-corrected chi connectivity index (χ2v) is 8.58. The molecule has 1 unspecified atom stereocenters. The van der Waals surface area contributed by atoms with Crippen molar-refractivity contribution in [3.8, 4) is 11.4 Å². The van der Waals surface area contributed by atoms with Crippen LogP contribution in [-0.2, 0) is 11.3 Å². The smallest absolute Gasteiger partial charge is 0.230 e. The Kier molecular flexibility index (Phi) is 7.52. The molecule has 0 saturated heterocycles. The van der Waals surface area contributed by atoms with Crippen LogP contribution in [0, 0.1) is 0 Å². The number of carbonyl (C=O) groups is 1. The molecule has 1 N–H and O–H groups in total. The summed E-state index contributed by atoms with van der Waals surface area (Å²) in [7, 11) is 0. The molecule has 150 valence electrons. The SMILES string of the molecule is C=CCn1c(SCC(=O)NC(C)c2ccccc2Cl)nnc1-c1ccc(Br)cc1. The molecule has 0 aliphatic rings. The van der Waals surface area contributed by atoms with Crippen LogP contribution >= 0.6 is 39.3 Å². The van der Waals surface area contributed by atoms with Crippen LogP contribution in [0.25, 0.3) is 11.4 Å². The molecule has 3 rings (SSSR count). The van der Waals surface area contributed by atoms with E-state index in [1.807, 2.05) is 60.0 Å². The zero-order valence-electron chi connectivity index (χ0n) is 15.8. The maximum absolute atomic E-state index is 12.4. The fourth-order valence-electron chi connectivity index (χ4n) is 2.82. The van der Waals surface area contributed by atoms with Gasteiger partial charge in [-0.2, -0.15) is 0 Å². The lowest BCUT2D eigenvalue weighted by atomic mass is 10.1. The van der Waals surface area contributed by atoms with Gasteiger partial charge in [0.05, 0.1) is 11.8 Å².